The first-order chi connectivity index (χ1) is 7.89. The summed E-state index contributed by atoms with van der Waals surface area (Å²) in [5.41, 5.74) is -1.78. The predicted octanol–water partition coefficient (Wildman–Crippen LogP) is -2.04. The first-order valence-electron chi connectivity index (χ1n) is 4.54. The van der Waals surface area contributed by atoms with Gasteiger partial charge >= 0.3 is 5.69 Å². The number of nitrogens with zero attached hydrogens (tertiary/aromatic N) is 2. The van der Waals surface area contributed by atoms with E-state index in [9.17, 15) is 18.0 Å². The Kier molecular flexibility index (Phi) is 3.82. The van der Waals surface area contributed by atoms with E-state index in [-0.39, 0.29) is 17.9 Å². The van der Waals surface area contributed by atoms with Crippen LogP contribution in [0.4, 0.5) is 0 Å². The fourth-order valence-corrected chi connectivity index (χ4v) is 1.72. The molecule has 1 aromatic heterocycles. The maximum atomic E-state index is 11.3. The highest BCUT2D eigenvalue weighted by Crippen LogP contribution is 1.88. The molecule has 2 N–H and O–H groups in total. The van der Waals surface area contributed by atoms with Crippen LogP contribution in [0.2, 0.25) is 0 Å². The van der Waals surface area contributed by atoms with Gasteiger partial charge < -0.3 is 0 Å². The van der Waals surface area contributed by atoms with Crippen molar-refractivity contribution < 1.29 is 8.42 Å². The Morgan fingerprint density at radius 1 is 1.53 bits per heavy atom. The second-order valence-corrected chi connectivity index (χ2v) is 5.18. The molecule has 0 bridgehead atoms. The highest BCUT2D eigenvalue weighted by Gasteiger charge is 2.09. The highest BCUT2D eigenvalue weighted by molar-refractivity contribution is 7.89. The number of hydrogen-bond acceptors (Lipinski definition) is 5. The minimum absolute atomic E-state index is 0.145. The second kappa shape index (κ2) is 4.94. The van der Waals surface area contributed by atoms with Crippen molar-refractivity contribution in [3.63, 3.8) is 0 Å². The molecular formula is C8H10N4O4S. The molecule has 0 saturated carbocycles. The zero-order chi connectivity index (χ0) is 13.1. The molecule has 0 radical (unpaired) electrons. The minimum atomic E-state index is -3.45. The van der Waals surface area contributed by atoms with Crippen LogP contribution in [0, 0.1) is 11.3 Å². The van der Waals surface area contributed by atoms with Crippen molar-refractivity contribution in [1.82, 2.24) is 14.3 Å². The number of aromatic nitrogens is 2. The van der Waals surface area contributed by atoms with Crippen LogP contribution in [0.1, 0.15) is 5.56 Å². The average Bonchev–Trinajstić information content (AvgIpc) is 2.28. The van der Waals surface area contributed by atoms with E-state index in [1.165, 1.54) is 7.05 Å². The van der Waals surface area contributed by atoms with Crippen molar-refractivity contribution in [2.75, 3.05) is 12.8 Å². The first-order valence-corrected chi connectivity index (χ1v) is 6.20. The standard InChI is InChI=1S/C8H10N4O4S/c1-10-17(15,16)3-2-12-5-6(4-9)7(13)11-8(12)14/h5,10H,2-3H2,1H3,(H,11,13,14). The second-order valence-electron chi connectivity index (χ2n) is 3.13. The molecule has 17 heavy (non-hydrogen) atoms. The SMILES string of the molecule is CNS(=O)(=O)CCn1cc(C#N)c(=O)[nH]c1=O. The van der Waals surface area contributed by atoms with Gasteiger partial charge in [0.05, 0.1) is 5.75 Å². The third-order valence-corrected chi connectivity index (χ3v) is 3.39. The number of aromatic amines is 1. The molecule has 0 aliphatic heterocycles. The number of nitriles is 1. The number of rotatable bonds is 4. The summed E-state index contributed by atoms with van der Waals surface area (Å²) >= 11 is 0. The van der Waals surface area contributed by atoms with Crippen molar-refractivity contribution in [2.45, 2.75) is 6.54 Å². The predicted molar refractivity (Wildman–Crippen MR) is 58.9 cm³/mol. The van der Waals surface area contributed by atoms with Gasteiger partial charge in [0.25, 0.3) is 5.56 Å². The van der Waals surface area contributed by atoms with E-state index < -0.39 is 21.3 Å². The first kappa shape index (κ1) is 13.1. The zero-order valence-electron chi connectivity index (χ0n) is 8.93. The molecule has 0 atom stereocenters. The van der Waals surface area contributed by atoms with Gasteiger partial charge in [-0.2, -0.15) is 5.26 Å². The Hall–Kier alpha value is -1.92. The number of nitrogens with one attached hydrogen (secondary N) is 2. The summed E-state index contributed by atoms with van der Waals surface area (Å²) in [5, 5.41) is 8.59. The van der Waals surface area contributed by atoms with Crippen LogP contribution in [0.15, 0.2) is 15.8 Å². The number of hydrogen-bond donors (Lipinski definition) is 2. The van der Waals surface area contributed by atoms with Gasteiger partial charge in [-0.3, -0.25) is 14.3 Å². The van der Waals surface area contributed by atoms with Crippen molar-refractivity contribution in [3.05, 3.63) is 32.6 Å². The van der Waals surface area contributed by atoms with Crippen molar-refractivity contribution >= 4 is 10.0 Å². The number of H-pyrrole nitrogens is 1. The van der Waals surface area contributed by atoms with E-state index in [1.807, 2.05) is 4.98 Å². The average molecular weight is 258 g/mol. The molecule has 0 aromatic carbocycles. The van der Waals surface area contributed by atoms with E-state index >= 15 is 0 Å². The lowest BCUT2D eigenvalue weighted by molar-refractivity contribution is 0.577. The van der Waals surface area contributed by atoms with Crippen molar-refractivity contribution in [1.29, 1.82) is 5.26 Å². The van der Waals surface area contributed by atoms with Crippen LogP contribution < -0.4 is 16.0 Å². The summed E-state index contributed by atoms with van der Waals surface area (Å²) in [4.78, 5) is 24.3. The summed E-state index contributed by atoms with van der Waals surface area (Å²) in [5.74, 6) is -0.319. The van der Waals surface area contributed by atoms with E-state index in [2.05, 4.69) is 4.72 Å². The van der Waals surface area contributed by atoms with E-state index in [4.69, 9.17) is 5.26 Å². The maximum absolute atomic E-state index is 11.3. The molecule has 0 amide bonds. The summed E-state index contributed by atoms with van der Waals surface area (Å²) < 4.78 is 25.3. The lowest BCUT2D eigenvalue weighted by atomic mass is 10.4. The molecule has 0 aliphatic carbocycles. The Balaban J connectivity index is 3.06. The summed E-state index contributed by atoms with van der Waals surface area (Å²) in [6, 6.07) is 1.61. The van der Waals surface area contributed by atoms with E-state index in [0.29, 0.717) is 0 Å². The molecular weight excluding hydrogens is 248 g/mol. The van der Waals surface area contributed by atoms with Gasteiger partial charge in [0.1, 0.15) is 11.6 Å². The van der Waals surface area contributed by atoms with Gasteiger partial charge in [0.15, 0.2) is 0 Å². The van der Waals surface area contributed by atoms with Gasteiger partial charge in [-0.1, -0.05) is 0 Å². The topological polar surface area (TPSA) is 125 Å². The number of aryl methyl sites for hydroxylation is 1. The van der Waals surface area contributed by atoms with Crippen LogP contribution in [0.5, 0.6) is 0 Å². The molecule has 8 nitrogen and oxygen atoms in total. The zero-order valence-corrected chi connectivity index (χ0v) is 9.74. The highest BCUT2D eigenvalue weighted by atomic mass is 32.2. The number of sulfonamides is 1. The lowest BCUT2D eigenvalue weighted by Gasteiger charge is -2.05. The summed E-state index contributed by atoms with van der Waals surface area (Å²) in [7, 11) is -2.19. The summed E-state index contributed by atoms with van der Waals surface area (Å²) in [6.45, 7) is -0.145. The van der Waals surface area contributed by atoms with Crippen LogP contribution >= 0.6 is 0 Å². The monoisotopic (exact) mass is 258 g/mol. The largest absolute Gasteiger partial charge is 0.328 e. The summed E-state index contributed by atoms with van der Waals surface area (Å²) in [6.07, 6.45) is 1.03. The van der Waals surface area contributed by atoms with Crippen LogP contribution in [0.3, 0.4) is 0 Å². The molecule has 1 aromatic rings. The molecule has 9 heteroatoms. The Morgan fingerprint density at radius 3 is 2.71 bits per heavy atom. The Labute approximate surface area is 96.6 Å². The van der Waals surface area contributed by atoms with E-state index in [1.54, 1.807) is 6.07 Å². The molecule has 0 unspecified atom stereocenters. The van der Waals surface area contributed by atoms with Crippen LogP contribution in [0.25, 0.3) is 0 Å². The van der Waals surface area contributed by atoms with Crippen LogP contribution in [-0.4, -0.2) is 30.8 Å². The van der Waals surface area contributed by atoms with Gasteiger partial charge in [-0.15, -0.1) is 0 Å². The molecule has 0 spiro atoms. The van der Waals surface area contributed by atoms with Crippen LogP contribution in [-0.2, 0) is 16.6 Å². The normalized spacial score (nSPS) is 11.1. The molecule has 1 rings (SSSR count). The van der Waals surface area contributed by atoms with Gasteiger partial charge in [-0.05, 0) is 7.05 Å². The minimum Gasteiger partial charge on any atom is -0.298 e. The quantitative estimate of drug-likeness (QED) is 0.643. The van der Waals surface area contributed by atoms with Gasteiger partial charge in [0.2, 0.25) is 10.0 Å². The fraction of sp³-hybridized carbons (Fsp3) is 0.375. The van der Waals surface area contributed by atoms with Crippen molar-refractivity contribution in [2.24, 2.45) is 0 Å². The van der Waals surface area contributed by atoms with E-state index in [0.717, 1.165) is 10.8 Å². The molecule has 92 valence electrons. The molecule has 0 aliphatic rings. The maximum Gasteiger partial charge on any atom is 0.328 e. The van der Waals surface area contributed by atoms with Crippen molar-refractivity contribution in [3.8, 4) is 6.07 Å². The smallest absolute Gasteiger partial charge is 0.298 e. The third-order valence-electron chi connectivity index (χ3n) is 2.04. The Bertz CT molecular complexity index is 664. The molecule has 0 saturated heterocycles. The Morgan fingerprint density at radius 2 is 2.18 bits per heavy atom. The fourth-order valence-electron chi connectivity index (χ4n) is 1.08. The molecule has 1 heterocycles. The van der Waals surface area contributed by atoms with Gasteiger partial charge in [-0.25, -0.2) is 17.9 Å². The third kappa shape index (κ3) is 3.27. The van der Waals surface area contributed by atoms with Gasteiger partial charge in [0, 0.05) is 12.7 Å². The lowest BCUT2D eigenvalue weighted by Crippen LogP contribution is -2.34. The molecule has 0 fully saturated rings.